The Kier molecular flexibility index (Phi) is 6.75. The van der Waals surface area contributed by atoms with Crippen molar-refractivity contribution in [3.05, 3.63) is 11.6 Å². The van der Waals surface area contributed by atoms with Crippen LogP contribution in [0.3, 0.4) is 0 Å². The number of rotatable bonds is 6. The van der Waals surface area contributed by atoms with Crippen LogP contribution in [0.25, 0.3) is 0 Å². The third kappa shape index (κ3) is 3.91. The smallest absolute Gasteiger partial charge is 0.147 e. The molecule has 0 radical (unpaired) electrons. The average Bonchev–Trinajstić information content (AvgIpc) is 2.98. The Morgan fingerprint density at radius 2 is 2.16 bits per heavy atom. The fourth-order valence-electron chi connectivity index (χ4n) is 2.76. The summed E-state index contributed by atoms with van der Waals surface area (Å²) in [4.78, 5) is 2.55. The summed E-state index contributed by atoms with van der Waals surface area (Å²) in [6, 6.07) is 0.660. The standard InChI is InChI=1S/C13H25N5.ClH/c1-4-8-17(12-6-7-14-9-12)10-13-16-15-11(3)18(13)5-2;/h12,14H,4-10H2,1-3H3;1H. The molecule has 0 aliphatic carbocycles. The van der Waals surface area contributed by atoms with Gasteiger partial charge in [-0.25, -0.2) is 0 Å². The van der Waals surface area contributed by atoms with Crippen molar-refractivity contribution >= 4 is 12.4 Å². The van der Waals surface area contributed by atoms with Crippen molar-refractivity contribution in [3.8, 4) is 0 Å². The first-order valence-electron chi connectivity index (χ1n) is 7.09. The van der Waals surface area contributed by atoms with Crippen LogP contribution in [0.1, 0.15) is 38.3 Å². The summed E-state index contributed by atoms with van der Waals surface area (Å²) < 4.78 is 2.21. The molecule has 0 amide bonds. The van der Waals surface area contributed by atoms with Gasteiger partial charge in [0.25, 0.3) is 0 Å². The molecule has 1 atom stereocenters. The van der Waals surface area contributed by atoms with Gasteiger partial charge in [-0.15, -0.1) is 22.6 Å². The van der Waals surface area contributed by atoms with Crippen molar-refractivity contribution in [3.63, 3.8) is 0 Å². The minimum atomic E-state index is 0. The van der Waals surface area contributed by atoms with Gasteiger partial charge < -0.3 is 9.88 Å². The Morgan fingerprint density at radius 3 is 2.74 bits per heavy atom. The van der Waals surface area contributed by atoms with Gasteiger partial charge in [0, 0.05) is 19.1 Å². The maximum atomic E-state index is 4.33. The zero-order chi connectivity index (χ0) is 13.0. The van der Waals surface area contributed by atoms with Crippen molar-refractivity contribution < 1.29 is 0 Å². The maximum absolute atomic E-state index is 4.33. The van der Waals surface area contributed by atoms with Gasteiger partial charge >= 0.3 is 0 Å². The molecule has 1 aromatic heterocycles. The molecule has 5 nitrogen and oxygen atoms in total. The van der Waals surface area contributed by atoms with Crippen LogP contribution in [0.15, 0.2) is 0 Å². The summed E-state index contributed by atoms with van der Waals surface area (Å²) >= 11 is 0. The van der Waals surface area contributed by atoms with E-state index in [9.17, 15) is 0 Å². The van der Waals surface area contributed by atoms with Gasteiger partial charge in [-0.1, -0.05) is 6.92 Å². The number of hydrogen-bond acceptors (Lipinski definition) is 4. The van der Waals surface area contributed by atoms with E-state index in [0.717, 1.165) is 44.4 Å². The quantitative estimate of drug-likeness (QED) is 0.863. The lowest BCUT2D eigenvalue weighted by atomic mass is 10.2. The lowest BCUT2D eigenvalue weighted by molar-refractivity contribution is 0.192. The number of halogens is 1. The summed E-state index contributed by atoms with van der Waals surface area (Å²) in [6.45, 7) is 11.7. The molecule has 0 spiro atoms. The second-order valence-corrected chi connectivity index (χ2v) is 5.02. The fourth-order valence-corrected chi connectivity index (χ4v) is 2.76. The zero-order valence-corrected chi connectivity index (χ0v) is 13.0. The SMILES string of the molecule is CCCN(Cc1nnc(C)n1CC)C1CCNC1.Cl. The van der Waals surface area contributed by atoms with Crippen molar-refractivity contribution in [1.29, 1.82) is 0 Å². The van der Waals surface area contributed by atoms with Crippen LogP contribution >= 0.6 is 12.4 Å². The largest absolute Gasteiger partial charge is 0.315 e. The molecule has 2 heterocycles. The van der Waals surface area contributed by atoms with Crippen molar-refractivity contribution in [2.75, 3.05) is 19.6 Å². The zero-order valence-electron chi connectivity index (χ0n) is 12.2. The van der Waals surface area contributed by atoms with Crippen LogP contribution in [0, 0.1) is 6.92 Å². The first-order valence-corrected chi connectivity index (χ1v) is 7.09. The van der Waals surface area contributed by atoms with E-state index in [0.29, 0.717) is 6.04 Å². The molecular weight excluding hydrogens is 262 g/mol. The minimum absolute atomic E-state index is 0. The molecule has 1 saturated heterocycles. The number of aryl methyl sites for hydroxylation is 1. The molecule has 0 saturated carbocycles. The Hall–Kier alpha value is -0.650. The second-order valence-electron chi connectivity index (χ2n) is 5.02. The molecule has 1 aliphatic heterocycles. The van der Waals surface area contributed by atoms with Crippen LogP contribution in [-0.4, -0.2) is 45.3 Å². The van der Waals surface area contributed by atoms with Crippen LogP contribution in [0.4, 0.5) is 0 Å². The minimum Gasteiger partial charge on any atom is -0.315 e. The van der Waals surface area contributed by atoms with E-state index < -0.39 is 0 Å². The van der Waals surface area contributed by atoms with Gasteiger partial charge in [-0.05, 0) is 39.8 Å². The monoisotopic (exact) mass is 287 g/mol. The molecular formula is C13H26ClN5. The highest BCUT2D eigenvalue weighted by molar-refractivity contribution is 5.85. The summed E-state index contributed by atoms with van der Waals surface area (Å²) in [6.07, 6.45) is 2.44. The molecule has 1 N–H and O–H groups in total. The van der Waals surface area contributed by atoms with Crippen LogP contribution in [0.2, 0.25) is 0 Å². The van der Waals surface area contributed by atoms with Gasteiger partial charge in [0.15, 0.2) is 0 Å². The van der Waals surface area contributed by atoms with Gasteiger partial charge in [-0.2, -0.15) is 0 Å². The number of hydrogen-bond donors (Lipinski definition) is 1. The normalized spacial score (nSPS) is 18.8. The molecule has 1 fully saturated rings. The van der Waals surface area contributed by atoms with E-state index in [-0.39, 0.29) is 12.4 Å². The maximum Gasteiger partial charge on any atom is 0.147 e. The van der Waals surface area contributed by atoms with Gasteiger partial charge in [-0.3, -0.25) is 4.90 Å². The molecule has 6 heteroatoms. The fraction of sp³-hybridized carbons (Fsp3) is 0.846. The predicted octanol–water partition coefficient (Wildman–Crippen LogP) is 1.60. The number of aromatic nitrogens is 3. The molecule has 19 heavy (non-hydrogen) atoms. The van der Waals surface area contributed by atoms with Gasteiger partial charge in [0.2, 0.25) is 0 Å². The first-order chi connectivity index (χ1) is 8.76. The Bertz CT molecular complexity index is 373. The van der Waals surface area contributed by atoms with E-state index in [1.54, 1.807) is 0 Å². The van der Waals surface area contributed by atoms with E-state index in [1.165, 1.54) is 12.8 Å². The first kappa shape index (κ1) is 16.4. The van der Waals surface area contributed by atoms with Crippen LogP contribution < -0.4 is 5.32 Å². The van der Waals surface area contributed by atoms with E-state index >= 15 is 0 Å². The average molecular weight is 288 g/mol. The molecule has 110 valence electrons. The molecule has 1 aromatic rings. The third-order valence-corrected chi connectivity index (χ3v) is 3.73. The van der Waals surface area contributed by atoms with Crippen LogP contribution in [0.5, 0.6) is 0 Å². The van der Waals surface area contributed by atoms with Crippen molar-refractivity contribution in [2.45, 2.75) is 52.7 Å². The van der Waals surface area contributed by atoms with Crippen molar-refractivity contribution in [2.24, 2.45) is 0 Å². The van der Waals surface area contributed by atoms with E-state index in [1.807, 2.05) is 6.92 Å². The van der Waals surface area contributed by atoms with E-state index in [4.69, 9.17) is 0 Å². The summed E-state index contributed by atoms with van der Waals surface area (Å²) in [5.74, 6) is 2.13. The predicted molar refractivity (Wildman–Crippen MR) is 79.7 cm³/mol. The summed E-state index contributed by atoms with van der Waals surface area (Å²) in [7, 11) is 0. The lowest BCUT2D eigenvalue weighted by Crippen LogP contribution is -2.37. The molecule has 0 aromatic carbocycles. The van der Waals surface area contributed by atoms with E-state index in [2.05, 4.69) is 38.8 Å². The topological polar surface area (TPSA) is 46.0 Å². The van der Waals surface area contributed by atoms with Crippen molar-refractivity contribution in [1.82, 2.24) is 25.0 Å². The molecule has 1 unspecified atom stereocenters. The molecule has 2 rings (SSSR count). The third-order valence-electron chi connectivity index (χ3n) is 3.73. The Morgan fingerprint density at radius 1 is 1.37 bits per heavy atom. The highest BCUT2D eigenvalue weighted by atomic mass is 35.5. The lowest BCUT2D eigenvalue weighted by Gasteiger charge is -2.27. The Labute approximate surface area is 122 Å². The summed E-state index contributed by atoms with van der Waals surface area (Å²) in [5.41, 5.74) is 0. The van der Waals surface area contributed by atoms with Gasteiger partial charge in [0.05, 0.1) is 6.54 Å². The highest BCUT2D eigenvalue weighted by Crippen LogP contribution is 2.13. The van der Waals surface area contributed by atoms with Gasteiger partial charge in [0.1, 0.15) is 11.6 Å². The number of nitrogens with one attached hydrogen (secondary N) is 1. The highest BCUT2D eigenvalue weighted by Gasteiger charge is 2.23. The molecule has 1 aliphatic rings. The number of nitrogens with zero attached hydrogens (tertiary/aromatic N) is 4. The van der Waals surface area contributed by atoms with Crippen LogP contribution in [-0.2, 0) is 13.1 Å². The summed E-state index contributed by atoms with van der Waals surface area (Å²) in [5, 5.41) is 12.0. The second kappa shape index (κ2) is 7.82. The molecule has 0 bridgehead atoms. The Balaban J connectivity index is 0.00000180.